The van der Waals surface area contributed by atoms with Crippen LogP contribution in [0.15, 0.2) is 36.4 Å². The van der Waals surface area contributed by atoms with Crippen LogP contribution in [0.3, 0.4) is 0 Å². The normalized spacial score (nSPS) is 11.7. The highest BCUT2D eigenvalue weighted by Gasteiger charge is 2.19. The number of aryl methyl sites for hydroxylation is 2. The van der Waals surface area contributed by atoms with E-state index < -0.39 is 23.7 Å². The van der Waals surface area contributed by atoms with E-state index >= 15 is 0 Å². The minimum Gasteiger partial charge on any atom is -0.480 e. The fourth-order valence-corrected chi connectivity index (χ4v) is 2.13. The smallest absolute Gasteiger partial charge is 0.265 e. The van der Waals surface area contributed by atoms with Gasteiger partial charge < -0.3 is 15.8 Å². The van der Waals surface area contributed by atoms with Gasteiger partial charge >= 0.3 is 0 Å². The summed E-state index contributed by atoms with van der Waals surface area (Å²) in [5, 5.41) is 2.47. The predicted octanol–water partition coefficient (Wildman–Crippen LogP) is 2.95. The van der Waals surface area contributed by atoms with Crippen molar-refractivity contribution in [2.45, 2.75) is 26.9 Å². The summed E-state index contributed by atoms with van der Waals surface area (Å²) >= 11 is 0. The van der Waals surface area contributed by atoms with Gasteiger partial charge in [0.1, 0.15) is 11.6 Å². The number of hydrogen-bond donors (Lipinski definition) is 2. The molecule has 0 heterocycles. The zero-order chi connectivity index (χ0) is 17.9. The van der Waals surface area contributed by atoms with E-state index in [0.29, 0.717) is 0 Å². The number of primary amides is 1. The number of benzene rings is 2. The number of nitrogens with two attached hydrogens (primary N) is 1. The first kappa shape index (κ1) is 17.5. The molecule has 2 rings (SSSR count). The van der Waals surface area contributed by atoms with Gasteiger partial charge in [-0.2, -0.15) is 0 Å². The summed E-state index contributed by atoms with van der Waals surface area (Å²) in [5.41, 5.74) is 7.16. The van der Waals surface area contributed by atoms with Gasteiger partial charge in [-0.1, -0.05) is 12.1 Å². The van der Waals surface area contributed by atoms with Gasteiger partial charge in [0.25, 0.3) is 11.8 Å². The Hall–Kier alpha value is -2.89. The second-order valence-corrected chi connectivity index (χ2v) is 5.60. The Balaban J connectivity index is 2.14. The average molecular weight is 330 g/mol. The molecule has 0 spiro atoms. The molecule has 2 amide bonds. The molecule has 0 aliphatic carbocycles. The summed E-state index contributed by atoms with van der Waals surface area (Å²) < 4.78 is 19.4. The van der Waals surface area contributed by atoms with Crippen molar-refractivity contribution in [2.24, 2.45) is 5.73 Å². The van der Waals surface area contributed by atoms with Crippen molar-refractivity contribution in [3.05, 3.63) is 58.9 Å². The predicted molar refractivity (Wildman–Crippen MR) is 89.6 cm³/mol. The van der Waals surface area contributed by atoms with E-state index in [4.69, 9.17) is 10.5 Å². The molecule has 5 nitrogen and oxygen atoms in total. The molecule has 0 fully saturated rings. The summed E-state index contributed by atoms with van der Waals surface area (Å²) in [6.45, 7) is 5.09. The molecule has 3 N–H and O–H groups in total. The van der Waals surface area contributed by atoms with Gasteiger partial charge in [-0.15, -0.1) is 0 Å². The molecule has 0 aliphatic heterocycles. The van der Waals surface area contributed by atoms with Crippen LogP contribution in [0, 0.1) is 19.7 Å². The van der Waals surface area contributed by atoms with Crippen molar-refractivity contribution >= 4 is 17.5 Å². The first-order valence-corrected chi connectivity index (χ1v) is 7.42. The number of carbonyl (C=O) groups excluding carboxylic acids is 2. The Bertz CT molecular complexity index is 790. The molecular formula is C18H19FN2O3. The van der Waals surface area contributed by atoms with E-state index in [9.17, 15) is 14.0 Å². The van der Waals surface area contributed by atoms with Gasteiger partial charge in [0, 0.05) is 0 Å². The van der Waals surface area contributed by atoms with Crippen molar-refractivity contribution in [2.75, 3.05) is 5.32 Å². The third-order valence-corrected chi connectivity index (χ3v) is 3.46. The highest BCUT2D eigenvalue weighted by atomic mass is 19.1. The van der Waals surface area contributed by atoms with Gasteiger partial charge in [0.2, 0.25) is 0 Å². The van der Waals surface area contributed by atoms with Crippen molar-refractivity contribution in [3.8, 4) is 5.75 Å². The van der Waals surface area contributed by atoms with E-state index in [0.717, 1.165) is 11.1 Å². The van der Waals surface area contributed by atoms with Crippen LogP contribution in [0.4, 0.5) is 10.1 Å². The molecule has 2 aromatic rings. The molecule has 2 aromatic carbocycles. The second kappa shape index (κ2) is 7.12. The Morgan fingerprint density at radius 2 is 1.75 bits per heavy atom. The van der Waals surface area contributed by atoms with Crippen LogP contribution in [0.1, 0.15) is 28.4 Å². The quantitative estimate of drug-likeness (QED) is 0.884. The number of hydrogen-bond acceptors (Lipinski definition) is 3. The molecule has 0 aliphatic rings. The first-order chi connectivity index (χ1) is 11.3. The fourth-order valence-electron chi connectivity index (χ4n) is 2.13. The van der Waals surface area contributed by atoms with Crippen molar-refractivity contribution in [1.82, 2.24) is 0 Å². The summed E-state index contributed by atoms with van der Waals surface area (Å²) in [5.74, 6) is -1.49. The molecular weight excluding hydrogens is 311 g/mol. The SMILES string of the molecule is Cc1ccc(NC(=O)[C@@H](C)Oc2cc(C)ccc2C(N)=O)c(F)c1. The maximum atomic E-state index is 13.8. The summed E-state index contributed by atoms with van der Waals surface area (Å²) in [6.07, 6.45) is -0.939. The van der Waals surface area contributed by atoms with Crippen molar-refractivity contribution in [3.63, 3.8) is 0 Å². The Labute approximate surface area is 139 Å². The van der Waals surface area contributed by atoms with Crippen LogP contribution >= 0.6 is 0 Å². The fraction of sp³-hybridized carbons (Fsp3) is 0.222. The van der Waals surface area contributed by atoms with Crippen LogP contribution in [0.2, 0.25) is 0 Å². The number of amides is 2. The molecule has 0 unspecified atom stereocenters. The maximum Gasteiger partial charge on any atom is 0.265 e. The topological polar surface area (TPSA) is 81.4 Å². The highest BCUT2D eigenvalue weighted by molar-refractivity contribution is 5.97. The Kier molecular flexibility index (Phi) is 5.18. The van der Waals surface area contributed by atoms with Gasteiger partial charge in [-0.25, -0.2) is 4.39 Å². The number of ether oxygens (including phenoxy) is 1. The number of rotatable bonds is 5. The van der Waals surface area contributed by atoms with Crippen LogP contribution in [-0.4, -0.2) is 17.9 Å². The van der Waals surface area contributed by atoms with Crippen molar-refractivity contribution < 1.29 is 18.7 Å². The summed E-state index contributed by atoms with van der Waals surface area (Å²) in [6, 6.07) is 9.38. The van der Waals surface area contributed by atoms with E-state index in [1.165, 1.54) is 25.1 Å². The van der Waals surface area contributed by atoms with Crippen LogP contribution in [0.5, 0.6) is 5.75 Å². The first-order valence-electron chi connectivity index (χ1n) is 7.42. The number of anilines is 1. The van der Waals surface area contributed by atoms with Gasteiger partial charge in [0.15, 0.2) is 6.10 Å². The minimum absolute atomic E-state index is 0.0698. The number of nitrogens with one attached hydrogen (secondary N) is 1. The van der Waals surface area contributed by atoms with E-state index in [1.54, 1.807) is 25.1 Å². The second-order valence-electron chi connectivity index (χ2n) is 5.60. The van der Waals surface area contributed by atoms with Crippen LogP contribution in [-0.2, 0) is 4.79 Å². The maximum absolute atomic E-state index is 13.8. The van der Waals surface area contributed by atoms with E-state index in [-0.39, 0.29) is 17.0 Å². The van der Waals surface area contributed by atoms with Crippen molar-refractivity contribution in [1.29, 1.82) is 0 Å². The molecule has 1 atom stereocenters. The molecule has 0 aromatic heterocycles. The minimum atomic E-state index is -0.939. The third kappa shape index (κ3) is 4.10. The molecule has 126 valence electrons. The lowest BCUT2D eigenvalue weighted by atomic mass is 10.1. The van der Waals surface area contributed by atoms with Gasteiger partial charge in [0.05, 0.1) is 11.3 Å². The summed E-state index contributed by atoms with van der Waals surface area (Å²) in [4.78, 5) is 23.6. The lowest BCUT2D eigenvalue weighted by Crippen LogP contribution is -2.31. The monoisotopic (exact) mass is 330 g/mol. The zero-order valence-electron chi connectivity index (χ0n) is 13.7. The number of carbonyl (C=O) groups is 2. The molecule has 0 radical (unpaired) electrons. The van der Waals surface area contributed by atoms with Gasteiger partial charge in [-0.3, -0.25) is 9.59 Å². The van der Waals surface area contributed by atoms with E-state index in [1.807, 2.05) is 6.92 Å². The lowest BCUT2D eigenvalue weighted by molar-refractivity contribution is -0.122. The van der Waals surface area contributed by atoms with Gasteiger partial charge in [-0.05, 0) is 56.2 Å². The molecule has 0 saturated heterocycles. The van der Waals surface area contributed by atoms with Crippen LogP contribution < -0.4 is 15.8 Å². The zero-order valence-corrected chi connectivity index (χ0v) is 13.7. The lowest BCUT2D eigenvalue weighted by Gasteiger charge is -2.17. The average Bonchev–Trinajstić information content (AvgIpc) is 2.49. The molecule has 0 saturated carbocycles. The molecule has 24 heavy (non-hydrogen) atoms. The largest absolute Gasteiger partial charge is 0.480 e. The van der Waals surface area contributed by atoms with Crippen LogP contribution in [0.25, 0.3) is 0 Å². The third-order valence-electron chi connectivity index (χ3n) is 3.46. The summed E-state index contributed by atoms with van der Waals surface area (Å²) in [7, 11) is 0. The standard InChI is InChI=1S/C18H19FN2O3/c1-10-5-7-15(14(19)8-10)21-18(23)12(3)24-16-9-11(2)4-6-13(16)17(20)22/h4-9,12H,1-3H3,(H2,20,22)(H,21,23)/t12-/m1/s1. The number of halogens is 1. The Morgan fingerprint density at radius 3 is 2.38 bits per heavy atom. The van der Waals surface area contributed by atoms with E-state index in [2.05, 4.69) is 5.32 Å². The Morgan fingerprint density at radius 1 is 1.12 bits per heavy atom. The highest BCUT2D eigenvalue weighted by Crippen LogP contribution is 2.22. The molecule has 6 heteroatoms. The molecule has 0 bridgehead atoms.